The predicted octanol–water partition coefficient (Wildman–Crippen LogP) is 2.19. The van der Waals surface area contributed by atoms with Gasteiger partial charge in [-0.25, -0.2) is 25.1 Å². The first-order valence-corrected chi connectivity index (χ1v) is 5.56. The zero-order valence-corrected chi connectivity index (χ0v) is 11.7. The Morgan fingerprint density at radius 1 is 0.947 bits per heavy atom. The summed E-state index contributed by atoms with van der Waals surface area (Å²) in [6.45, 7) is 7.56. The highest BCUT2D eigenvalue weighted by Gasteiger charge is 2.33. The second-order valence-electron chi connectivity index (χ2n) is 3.91. The zero-order chi connectivity index (χ0) is 15.5. The van der Waals surface area contributed by atoms with Gasteiger partial charge < -0.3 is 4.89 Å². The lowest BCUT2D eigenvalue weighted by Crippen LogP contribution is -2.38. The number of carbonyl (C=O) groups is 1. The van der Waals surface area contributed by atoms with E-state index in [2.05, 4.69) is 14.7 Å². The van der Waals surface area contributed by atoms with Crippen molar-refractivity contribution in [2.24, 2.45) is 0 Å². The first-order chi connectivity index (χ1) is 8.72. The van der Waals surface area contributed by atoms with Crippen molar-refractivity contribution >= 4 is 5.97 Å². The van der Waals surface area contributed by atoms with Gasteiger partial charge in [0, 0.05) is 19.8 Å². The van der Waals surface area contributed by atoms with Crippen LogP contribution in [-0.2, 0) is 29.2 Å². The van der Waals surface area contributed by atoms with Crippen LogP contribution in [0.15, 0.2) is 0 Å². The molecule has 0 aliphatic rings. The quantitative estimate of drug-likeness (QED) is 0.367. The summed E-state index contributed by atoms with van der Waals surface area (Å²) in [5, 5.41) is 24.3. The van der Waals surface area contributed by atoms with E-state index in [4.69, 9.17) is 25.5 Å². The third-order valence-electron chi connectivity index (χ3n) is 2.19. The molecule has 0 amide bonds. The number of rotatable bonds is 7. The summed E-state index contributed by atoms with van der Waals surface area (Å²) in [4.78, 5) is 30.3. The van der Waals surface area contributed by atoms with E-state index in [1.54, 1.807) is 13.8 Å². The summed E-state index contributed by atoms with van der Waals surface area (Å²) in [7, 11) is 0. The monoisotopic (exact) mass is 286 g/mol. The lowest BCUT2D eigenvalue weighted by atomic mass is 10.2. The molecule has 0 aromatic rings. The number of hydrogen-bond donors (Lipinski definition) is 3. The number of hydrogen-bond acceptors (Lipinski definition) is 9. The molecular formula is C10H22O9. The molecule has 0 bridgehead atoms. The van der Waals surface area contributed by atoms with Gasteiger partial charge >= 0.3 is 5.97 Å². The van der Waals surface area contributed by atoms with E-state index in [0.717, 1.165) is 6.92 Å². The minimum Gasteiger partial charge on any atom is -0.301 e. The lowest BCUT2D eigenvalue weighted by Gasteiger charge is -2.29. The molecule has 0 aliphatic carbocycles. The molecule has 0 aromatic heterocycles. The zero-order valence-electron chi connectivity index (χ0n) is 11.7. The topological polar surface area (TPSA) is 124 Å². The van der Waals surface area contributed by atoms with Gasteiger partial charge in [0.2, 0.25) is 11.6 Å². The van der Waals surface area contributed by atoms with Gasteiger partial charge in [0.15, 0.2) is 0 Å². The minimum atomic E-state index is -1.27. The second kappa shape index (κ2) is 10.0. The van der Waals surface area contributed by atoms with Gasteiger partial charge in [-0.1, -0.05) is 13.8 Å². The highest BCUT2D eigenvalue weighted by Crippen LogP contribution is 2.22. The van der Waals surface area contributed by atoms with E-state index in [9.17, 15) is 4.79 Å². The molecule has 0 spiro atoms. The highest BCUT2D eigenvalue weighted by molar-refractivity contribution is 5.64. The van der Waals surface area contributed by atoms with Gasteiger partial charge in [-0.2, -0.15) is 15.0 Å². The molecule has 19 heavy (non-hydrogen) atoms. The van der Waals surface area contributed by atoms with E-state index in [1.807, 2.05) is 0 Å². The molecule has 3 N–H and O–H groups in total. The minimum absolute atomic E-state index is 0.370. The first kappa shape index (κ1) is 20.5. The van der Waals surface area contributed by atoms with E-state index >= 15 is 0 Å². The van der Waals surface area contributed by atoms with Crippen LogP contribution in [0.4, 0.5) is 0 Å². The van der Waals surface area contributed by atoms with E-state index in [-0.39, 0.29) is 0 Å². The molecule has 0 aliphatic heterocycles. The van der Waals surface area contributed by atoms with Crippen LogP contribution in [0.1, 0.15) is 47.5 Å². The van der Waals surface area contributed by atoms with Gasteiger partial charge in [0.05, 0.1) is 0 Å². The van der Waals surface area contributed by atoms with Gasteiger partial charge in [-0.3, -0.25) is 0 Å². The molecule has 0 saturated carbocycles. The summed E-state index contributed by atoms with van der Waals surface area (Å²) in [5.74, 6) is -3.23. The smallest absolute Gasteiger partial charge is 0.301 e. The van der Waals surface area contributed by atoms with Gasteiger partial charge in [0.25, 0.3) is 0 Å². The Balaban J connectivity index is 0. The Bertz CT molecular complexity index is 217. The largest absolute Gasteiger partial charge is 0.339 e. The molecule has 0 radical (unpaired) electrons. The van der Waals surface area contributed by atoms with Crippen LogP contribution < -0.4 is 0 Å². The normalized spacial score (nSPS) is 16.6. The van der Waals surface area contributed by atoms with Crippen LogP contribution in [0.3, 0.4) is 0 Å². The number of carbonyl (C=O) groups excluding carboxylic acids is 1. The van der Waals surface area contributed by atoms with E-state index in [1.165, 1.54) is 13.8 Å². The second-order valence-corrected chi connectivity index (χ2v) is 3.91. The van der Waals surface area contributed by atoms with Crippen LogP contribution in [0, 0.1) is 0 Å². The third kappa shape index (κ3) is 9.73. The molecule has 2 unspecified atom stereocenters. The first-order valence-electron chi connectivity index (χ1n) is 5.56. The highest BCUT2D eigenvalue weighted by atomic mass is 17.3. The van der Waals surface area contributed by atoms with E-state index in [0.29, 0.717) is 12.8 Å². The maximum atomic E-state index is 9.34. The van der Waals surface area contributed by atoms with Crippen molar-refractivity contribution in [2.75, 3.05) is 0 Å². The summed E-state index contributed by atoms with van der Waals surface area (Å²) in [6, 6.07) is 0. The van der Waals surface area contributed by atoms with Crippen LogP contribution in [-0.4, -0.2) is 33.3 Å². The summed E-state index contributed by atoms with van der Waals surface area (Å²) in [5.41, 5.74) is 0. The molecule has 0 rings (SSSR count). The van der Waals surface area contributed by atoms with Crippen molar-refractivity contribution in [2.45, 2.75) is 59.0 Å². The van der Waals surface area contributed by atoms with Crippen molar-refractivity contribution in [1.29, 1.82) is 0 Å². The van der Waals surface area contributed by atoms with Crippen molar-refractivity contribution in [3.63, 3.8) is 0 Å². The molecule has 2 atom stereocenters. The molecule has 9 nitrogen and oxygen atoms in total. The van der Waals surface area contributed by atoms with Crippen molar-refractivity contribution in [3.8, 4) is 0 Å². The van der Waals surface area contributed by atoms with Gasteiger partial charge in [0.1, 0.15) is 0 Å². The lowest BCUT2D eigenvalue weighted by molar-refractivity contribution is -0.566. The Kier molecular flexibility index (Phi) is 10.8. The van der Waals surface area contributed by atoms with E-state index < -0.39 is 17.5 Å². The standard InChI is InChI=1S/C8H18O6.C2H4O3/c1-5-7(3,11-9)13-14-8(4,6-2)12-10;1-2(3)5-4/h9-10H,5-6H2,1-4H3;4H,1H3. The summed E-state index contributed by atoms with van der Waals surface area (Å²) < 4.78 is 0. The third-order valence-corrected chi connectivity index (χ3v) is 2.19. The Morgan fingerprint density at radius 3 is 1.32 bits per heavy atom. The van der Waals surface area contributed by atoms with Crippen LogP contribution in [0.5, 0.6) is 0 Å². The molecular weight excluding hydrogens is 264 g/mol. The van der Waals surface area contributed by atoms with Crippen molar-refractivity contribution < 1.29 is 45.0 Å². The van der Waals surface area contributed by atoms with Crippen molar-refractivity contribution in [3.05, 3.63) is 0 Å². The summed E-state index contributed by atoms with van der Waals surface area (Å²) in [6.07, 6.45) is 0.740. The average Bonchev–Trinajstić information content (AvgIpc) is 2.44. The van der Waals surface area contributed by atoms with Crippen LogP contribution in [0.25, 0.3) is 0 Å². The predicted molar refractivity (Wildman–Crippen MR) is 61.4 cm³/mol. The Labute approximate surface area is 111 Å². The van der Waals surface area contributed by atoms with Gasteiger partial charge in [-0.15, -0.1) is 0 Å². The SMILES string of the molecule is CC(=O)OO.CCC(C)(OO)OOC(C)(CC)OO. The fraction of sp³-hybridized carbons (Fsp3) is 0.900. The fourth-order valence-electron chi connectivity index (χ4n) is 0.454. The molecule has 9 heteroatoms. The molecule has 0 aromatic carbocycles. The maximum absolute atomic E-state index is 9.34. The van der Waals surface area contributed by atoms with Crippen LogP contribution >= 0.6 is 0 Å². The fourth-order valence-corrected chi connectivity index (χ4v) is 0.454. The van der Waals surface area contributed by atoms with Crippen molar-refractivity contribution in [1.82, 2.24) is 0 Å². The molecule has 116 valence electrons. The Hall–Kier alpha value is -0.810. The Morgan fingerprint density at radius 2 is 1.21 bits per heavy atom. The van der Waals surface area contributed by atoms with Gasteiger partial charge in [-0.05, 0) is 13.8 Å². The molecule has 0 saturated heterocycles. The molecule has 0 heterocycles. The maximum Gasteiger partial charge on any atom is 0.339 e. The van der Waals surface area contributed by atoms with Crippen LogP contribution in [0.2, 0.25) is 0 Å². The summed E-state index contributed by atoms with van der Waals surface area (Å²) >= 11 is 0. The average molecular weight is 286 g/mol. The molecule has 0 fully saturated rings.